The van der Waals surface area contributed by atoms with Crippen molar-refractivity contribution in [3.05, 3.63) is 51.6 Å². The SMILES string of the molecule is CC(C)(C)[C@H]1CCc2sc(C(=O)N3CCC[C@H](c4nnc5ccccn45)C3)cc2C1. The van der Waals surface area contributed by atoms with Gasteiger partial charge in [-0.25, -0.2) is 0 Å². The van der Waals surface area contributed by atoms with Crippen molar-refractivity contribution in [1.29, 1.82) is 0 Å². The molecule has 0 unspecified atom stereocenters. The predicted octanol–water partition coefficient (Wildman–Crippen LogP) is 4.96. The standard InChI is InChI=1S/C24H30N4OS/c1-24(2,3)18-9-10-19-17(13-18)14-20(30-19)23(29)27-11-6-7-16(15-27)22-26-25-21-8-4-5-12-28(21)22/h4-5,8,12,14,16,18H,6-7,9-11,13,15H2,1-3H3/t16-,18-/m0/s1. The van der Waals surface area contributed by atoms with Gasteiger partial charge in [0.1, 0.15) is 5.82 Å². The number of aromatic nitrogens is 3. The minimum absolute atomic E-state index is 0.195. The third kappa shape index (κ3) is 3.55. The second kappa shape index (κ2) is 7.49. The van der Waals surface area contributed by atoms with E-state index in [9.17, 15) is 4.79 Å². The number of amides is 1. The lowest BCUT2D eigenvalue weighted by atomic mass is 9.72. The Hall–Kier alpha value is -2.21. The molecule has 1 aliphatic heterocycles. The van der Waals surface area contributed by atoms with Crippen LogP contribution in [-0.4, -0.2) is 38.5 Å². The number of rotatable bonds is 2. The first-order valence-corrected chi connectivity index (χ1v) is 11.9. The van der Waals surface area contributed by atoms with Gasteiger partial charge in [0.25, 0.3) is 5.91 Å². The van der Waals surface area contributed by atoms with E-state index in [-0.39, 0.29) is 11.8 Å². The van der Waals surface area contributed by atoms with Crippen molar-refractivity contribution in [3.8, 4) is 0 Å². The molecule has 1 fully saturated rings. The number of aryl methyl sites for hydroxylation is 1. The van der Waals surface area contributed by atoms with Crippen LogP contribution >= 0.6 is 11.3 Å². The van der Waals surface area contributed by atoms with Gasteiger partial charge in [-0.2, -0.15) is 0 Å². The number of fused-ring (bicyclic) bond motifs is 2. The second-order valence-electron chi connectivity index (χ2n) is 9.94. The van der Waals surface area contributed by atoms with Gasteiger partial charge in [0.05, 0.1) is 4.88 Å². The fourth-order valence-electron chi connectivity index (χ4n) is 5.03. The third-order valence-electron chi connectivity index (χ3n) is 6.93. The molecule has 3 aromatic heterocycles. The van der Waals surface area contributed by atoms with Gasteiger partial charge in [0.15, 0.2) is 5.65 Å². The van der Waals surface area contributed by atoms with E-state index < -0.39 is 0 Å². The summed E-state index contributed by atoms with van der Waals surface area (Å²) in [4.78, 5) is 17.8. The minimum atomic E-state index is 0.195. The van der Waals surface area contributed by atoms with E-state index in [0.29, 0.717) is 11.3 Å². The van der Waals surface area contributed by atoms with Crippen LogP contribution in [0.5, 0.6) is 0 Å². The van der Waals surface area contributed by atoms with Gasteiger partial charge >= 0.3 is 0 Å². The first kappa shape index (κ1) is 19.7. The Kier molecular flexibility index (Phi) is 4.92. The maximum absolute atomic E-state index is 13.4. The molecule has 1 amide bonds. The Morgan fingerprint density at radius 1 is 1.20 bits per heavy atom. The number of hydrogen-bond acceptors (Lipinski definition) is 4. The Balaban J connectivity index is 1.34. The number of thiophene rings is 1. The summed E-state index contributed by atoms with van der Waals surface area (Å²) in [6.07, 6.45) is 7.53. The molecule has 0 bridgehead atoms. The number of carbonyl (C=O) groups excluding carboxylic acids is 1. The van der Waals surface area contributed by atoms with E-state index in [4.69, 9.17) is 0 Å². The van der Waals surface area contributed by atoms with Gasteiger partial charge in [0, 0.05) is 30.1 Å². The number of pyridine rings is 1. The van der Waals surface area contributed by atoms with Crippen molar-refractivity contribution < 1.29 is 4.79 Å². The smallest absolute Gasteiger partial charge is 0.263 e. The molecule has 2 aliphatic rings. The molecular formula is C24H30N4OS. The van der Waals surface area contributed by atoms with Crippen LogP contribution in [0, 0.1) is 11.3 Å². The van der Waals surface area contributed by atoms with E-state index in [0.717, 1.165) is 55.1 Å². The van der Waals surface area contributed by atoms with E-state index in [1.165, 1.54) is 16.9 Å². The Morgan fingerprint density at radius 2 is 2.07 bits per heavy atom. The molecule has 5 rings (SSSR count). The summed E-state index contributed by atoms with van der Waals surface area (Å²) in [5, 5.41) is 8.75. The monoisotopic (exact) mass is 422 g/mol. The molecule has 1 aliphatic carbocycles. The first-order chi connectivity index (χ1) is 14.4. The second-order valence-corrected chi connectivity index (χ2v) is 11.1. The van der Waals surface area contributed by atoms with Crippen LogP contribution < -0.4 is 0 Å². The molecular weight excluding hydrogens is 392 g/mol. The Bertz CT molecular complexity index is 1080. The fraction of sp³-hybridized carbons (Fsp3) is 0.542. The van der Waals surface area contributed by atoms with Crippen molar-refractivity contribution in [2.24, 2.45) is 11.3 Å². The highest BCUT2D eigenvalue weighted by atomic mass is 32.1. The molecule has 0 aromatic carbocycles. The lowest BCUT2D eigenvalue weighted by Gasteiger charge is -2.33. The Morgan fingerprint density at radius 3 is 2.90 bits per heavy atom. The van der Waals surface area contributed by atoms with Crippen LogP contribution in [0.2, 0.25) is 0 Å². The molecule has 30 heavy (non-hydrogen) atoms. The van der Waals surface area contributed by atoms with Crippen LogP contribution in [0.25, 0.3) is 5.65 Å². The maximum Gasteiger partial charge on any atom is 0.263 e. The van der Waals surface area contributed by atoms with Crippen molar-refractivity contribution >= 4 is 22.9 Å². The molecule has 3 aromatic rings. The third-order valence-corrected chi connectivity index (χ3v) is 8.16. The zero-order valence-corrected chi connectivity index (χ0v) is 18.9. The summed E-state index contributed by atoms with van der Waals surface area (Å²) >= 11 is 1.73. The highest BCUT2D eigenvalue weighted by molar-refractivity contribution is 7.14. The topological polar surface area (TPSA) is 50.5 Å². The predicted molar refractivity (Wildman–Crippen MR) is 120 cm³/mol. The molecule has 6 heteroatoms. The van der Waals surface area contributed by atoms with Gasteiger partial charge in [-0.15, -0.1) is 21.5 Å². The van der Waals surface area contributed by atoms with Crippen LogP contribution in [-0.2, 0) is 12.8 Å². The summed E-state index contributed by atoms with van der Waals surface area (Å²) in [5.41, 5.74) is 2.60. The zero-order valence-electron chi connectivity index (χ0n) is 18.1. The number of piperidine rings is 1. The summed E-state index contributed by atoms with van der Waals surface area (Å²) in [5.74, 6) is 2.10. The van der Waals surface area contributed by atoms with E-state index in [1.54, 1.807) is 11.3 Å². The zero-order chi connectivity index (χ0) is 20.9. The molecule has 1 saturated heterocycles. The molecule has 0 spiro atoms. The molecule has 2 atom stereocenters. The van der Waals surface area contributed by atoms with Gasteiger partial charge < -0.3 is 4.90 Å². The Labute approximate surface area is 182 Å². The van der Waals surface area contributed by atoms with Gasteiger partial charge in [-0.1, -0.05) is 26.8 Å². The molecule has 0 N–H and O–H groups in total. The fourth-order valence-corrected chi connectivity index (χ4v) is 6.21. The van der Waals surface area contributed by atoms with E-state index in [1.807, 2.05) is 29.3 Å². The lowest BCUT2D eigenvalue weighted by Crippen LogP contribution is -2.39. The van der Waals surface area contributed by atoms with Crippen LogP contribution in [0.4, 0.5) is 0 Å². The number of hydrogen-bond donors (Lipinski definition) is 0. The van der Waals surface area contributed by atoms with Crippen LogP contribution in [0.15, 0.2) is 30.5 Å². The molecule has 0 radical (unpaired) electrons. The minimum Gasteiger partial charge on any atom is -0.337 e. The quantitative estimate of drug-likeness (QED) is 0.586. The van der Waals surface area contributed by atoms with Gasteiger partial charge in [0.2, 0.25) is 0 Å². The van der Waals surface area contributed by atoms with Crippen LogP contribution in [0.3, 0.4) is 0 Å². The summed E-state index contributed by atoms with van der Waals surface area (Å²) < 4.78 is 2.06. The summed E-state index contributed by atoms with van der Waals surface area (Å²) in [6.45, 7) is 8.57. The highest BCUT2D eigenvalue weighted by Gasteiger charge is 2.33. The van der Waals surface area contributed by atoms with Crippen molar-refractivity contribution in [2.75, 3.05) is 13.1 Å². The van der Waals surface area contributed by atoms with E-state index >= 15 is 0 Å². The van der Waals surface area contributed by atoms with Crippen molar-refractivity contribution in [3.63, 3.8) is 0 Å². The first-order valence-electron chi connectivity index (χ1n) is 11.1. The van der Waals surface area contributed by atoms with E-state index in [2.05, 4.69) is 41.4 Å². The van der Waals surface area contributed by atoms with Gasteiger partial charge in [-0.3, -0.25) is 9.20 Å². The number of nitrogens with zero attached hydrogens (tertiary/aromatic N) is 4. The maximum atomic E-state index is 13.4. The summed E-state index contributed by atoms with van der Waals surface area (Å²) in [6, 6.07) is 8.15. The lowest BCUT2D eigenvalue weighted by molar-refractivity contribution is 0.0709. The normalized spacial score (nSPS) is 22.3. The number of likely N-dealkylation sites (tertiary alicyclic amines) is 1. The van der Waals surface area contributed by atoms with Crippen molar-refractivity contribution in [1.82, 2.24) is 19.5 Å². The average Bonchev–Trinajstić information content (AvgIpc) is 3.36. The molecule has 0 saturated carbocycles. The molecule has 4 heterocycles. The largest absolute Gasteiger partial charge is 0.337 e. The summed E-state index contributed by atoms with van der Waals surface area (Å²) in [7, 11) is 0. The molecule has 5 nitrogen and oxygen atoms in total. The van der Waals surface area contributed by atoms with Gasteiger partial charge in [-0.05, 0) is 67.2 Å². The van der Waals surface area contributed by atoms with Crippen LogP contribution in [0.1, 0.15) is 71.9 Å². The number of carbonyl (C=O) groups is 1. The highest BCUT2D eigenvalue weighted by Crippen LogP contribution is 2.40. The van der Waals surface area contributed by atoms with Crippen molar-refractivity contribution in [2.45, 2.75) is 58.8 Å². The average molecular weight is 423 g/mol. The molecule has 158 valence electrons.